The summed E-state index contributed by atoms with van der Waals surface area (Å²) in [6.45, 7) is 5.80. The molecule has 0 saturated carbocycles. The van der Waals surface area contributed by atoms with Crippen LogP contribution in [0.3, 0.4) is 0 Å². The van der Waals surface area contributed by atoms with E-state index in [0.717, 1.165) is 10.6 Å². The van der Waals surface area contributed by atoms with Gasteiger partial charge < -0.3 is 5.32 Å². The Labute approximate surface area is 146 Å². The van der Waals surface area contributed by atoms with Crippen LogP contribution in [0.5, 0.6) is 0 Å². The number of sulfonamides is 1. The minimum Gasteiger partial charge on any atom is -0.347 e. The Balaban J connectivity index is 1.91. The molecule has 130 valence electrons. The molecule has 0 unspecified atom stereocenters. The van der Waals surface area contributed by atoms with Gasteiger partial charge in [-0.05, 0) is 31.9 Å². The van der Waals surface area contributed by atoms with Crippen molar-refractivity contribution in [3.05, 3.63) is 51.5 Å². The molecule has 1 heterocycles. The monoisotopic (exact) mass is 367 g/mol. The fourth-order valence-electron chi connectivity index (χ4n) is 2.11. The molecule has 1 aromatic heterocycles. The summed E-state index contributed by atoms with van der Waals surface area (Å²) in [6.07, 6.45) is 1.56. The predicted molar refractivity (Wildman–Crippen MR) is 95.4 cm³/mol. The molecule has 6 nitrogen and oxygen atoms in total. The van der Waals surface area contributed by atoms with Crippen molar-refractivity contribution in [2.45, 2.75) is 39.1 Å². The lowest BCUT2D eigenvalue weighted by Crippen LogP contribution is -2.31. The third-order valence-electron chi connectivity index (χ3n) is 3.09. The second-order valence-corrected chi connectivity index (χ2v) is 8.76. The van der Waals surface area contributed by atoms with E-state index in [1.807, 2.05) is 19.1 Å². The molecule has 0 aliphatic heterocycles. The minimum absolute atomic E-state index is 0.0576. The quantitative estimate of drug-likeness (QED) is 0.785. The first kappa shape index (κ1) is 18.6. The Morgan fingerprint density at radius 1 is 1.21 bits per heavy atom. The highest BCUT2D eigenvalue weighted by atomic mass is 32.2. The van der Waals surface area contributed by atoms with Gasteiger partial charge in [-0.3, -0.25) is 4.79 Å². The van der Waals surface area contributed by atoms with Gasteiger partial charge in [-0.1, -0.05) is 24.3 Å². The Hall–Kier alpha value is -1.77. The van der Waals surface area contributed by atoms with Crippen molar-refractivity contribution < 1.29 is 13.2 Å². The van der Waals surface area contributed by atoms with Crippen LogP contribution in [0.2, 0.25) is 0 Å². The third-order valence-corrected chi connectivity index (χ3v) is 5.55. The lowest BCUT2D eigenvalue weighted by Gasteiger charge is -2.10. The van der Waals surface area contributed by atoms with E-state index in [1.54, 1.807) is 32.2 Å². The number of rotatable bonds is 7. The van der Waals surface area contributed by atoms with Gasteiger partial charge in [0.05, 0.1) is 17.0 Å². The maximum absolute atomic E-state index is 12.0. The van der Waals surface area contributed by atoms with Gasteiger partial charge in [0, 0.05) is 12.6 Å². The van der Waals surface area contributed by atoms with Gasteiger partial charge in [-0.15, -0.1) is 11.3 Å². The van der Waals surface area contributed by atoms with Crippen molar-refractivity contribution in [2.24, 2.45) is 0 Å². The van der Waals surface area contributed by atoms with Crippen LogP contribution in [-0.2, 0) is 22.3 Å². The van der Waals surface area contributed by atoms with Crippen LogP contribution in [0.4, 0.5) is 0 Å². The molecule has 0 fully saturated rings. The molecule has 0 spiro atoms. The van der Waals surface area contributed by atoms with E-state index >= 15 is 0 Å². The minimum atomic E-state index is -3.33. The number of hydrogen-bond donors (Lipinski definition) is 2. The van der Waals surface area contributed by atoms with Gasteiger partial charge in [0.15, 0.2) is 0 Å². The van der Waals surface area contributed by atoms with Crippen LogP contribution in [0.25, 0.3) is 0 Å². The van der Waals surface area contributed by atoms with Crippen LogP contribution in [0.15, 0.2) is 30.5 Å². The lowest BCUT2D eigenvalue weighted by atomic mass is 10.1. The number of amides is 1. The van der Waals surface area contributed by atoms with Crippen LogP contribution in [0, 0.1) is 6.92 Å². The van der Waals surface area contributed by atoms with Gasteiger partial charge in [-0.2, -0.15) is 0 Å². The molecule has 24 heavy (non-hydrogen) atoms. The van der Waals surface area contributed by atoms with E-state index in [1.165, 1.54) is 11.3 Å². The normalized spacial score (nSPS) is 11.7. The lowest BCUT2D eigenvalue weighted by molar-refractivity contribution is 0.0954. The number of nitrogens with zero attached hydrogens (tertiary/aromatic N) is 1. The molecule has 0 atom stereocenters. The number of thiazole rings is 1. The smallest absolute Gasteiger partial charge is 0.263 e. The summed E-state index contributed by atoms with van der Waals surface area (Å²) in [5.74, 6) is -0.216. The summed E-state index contributed by atoms with van der Waals surface area (Å²) in [7, 11) is -3.33. The maximum Gasteiger partial charge on any atom is 0.263 e. The second-order valence-electron chi connectivity index (χ2n) is 5.77. The summed E-state index contributed by atoms with van der Waals surface area (Å²) in [4.78, 5) is 16.6. The van der Waals surface area contributed by atoms with Crippen LogP contribution >= 0.6 is 11.3 Å². The number of aryl methyl sites for hydroxylation is 1. The first-order valence-corrected chi connectivity index (χ1v) is 10.0. The average Bonchev–Trinajstić information content (AvgIpc) is 2.91. The molecule has 0 aliphatic rings. The Morgan fingerprint density at radius 3 is 2.38 bits per heavy atom. The van der Waals surface area contributed by atoms with Crippen molar-refractivity contribution in [3.8, 4) is 0 Å². The zero-order valence-electron chi connectivity index (χ0n) is 13.9. The summed E-state index contributed by atoms with van der Waals surface area (Å²) in [5, 5.41) is 3.67. The topological polar surface area (TPSA) is 88.2 Å². The van der Waals surface area contributed by atoms with Gasteiger partial charge in [-0.25, -0.2) is 18.1 Å². The van der Waals surface area contributed by atoms with Crippen LogP contribution in [0.1, 0.15) is 39.7 Å². The first-order valence-electron chi connectivity index (χ1n) is 7.53. The molecular formula is C16H21N3O3S2. The standard InChI is InChI=1S/C16H21N3O3S2/c1-11(2)19-24(21,22)10-14-6-4-13(5-7-14)8-18-16(20)15-9-17-12(3)23-15/h4-7,9,11,19H,8,10H2,1-3H3,(H,18,20). The van der Waals surface area contributed by atoms with Crippen LogP contribution in [-0.4, -0.2) is 25.4 Å². The second kappa shape index (κ2) is 7.87. The first-order chi connectivity index (χ1) is 11.2. The summed E-state index contributed by atoms with van der Waals surface area (Å²) in [6, 6.07) is 7.03. The third kappa shape index (κ3) is 5.70. The van der Waals surface area contributed by atoms with Crippen molar-refractivity contribution in [1.82, 2.24) is 15.0 Å². The molecule has 0 aliphatic carbocycles. The molecule has 2 N–H and O–H groups in total. The fourth-order valence-corrected chi connectivity index (χ4v) is 4.24. The number of benzene rings is 1. The molecular weight excluding hydrogens is 346 g/mol. The van der Waals surface area contributed by atoms with E-state index in [2.05, 4.69) is 15.0 Å². The molecule has 1 aromatic carbocycles. The summed E-state index contributed by atoms with van der Waals surface area (Å²) in [5.41, 5.74) is 1.61. The molecule has 8 heteroatoms. The number of nitrogens with one attached hydrogen (secondary N) is 2. The molecule has 1 amide bonds. The van der Waals surface area contributed by atoms with Gasteiger partial charge >= 0.3 is 0 Å². The van der Waals surface area contributed by atoms with Crippen molar-refractivity contribution >= 4 is 27.3 Å². The number of carbonyl (C=O) groups excluding carboxylic acids is 1. The van der Waals surface area contributed by atoms with Crippen molar-refractivity contribution in [2.75, 3.05) is 0 Å². The number of carbonyl (C=O) groups is 1. The van der Waals surface area contributed by atoms with Gasteiger partial charge in [0.1, 0.15) is 4.88 Å². The maximum atomic E-state index is 12.0. The van der Waals surface area contributed by atoms with Gasteiger partial charge in [0.2, 0.25) is 10.0 Å². The average molecular weight is 367 g/mol. The zero-order chi connectivity index (χ0) is 17.7. The molecule has 0 bridgehead atoms. The van der Waals surface area contributed by atoms with E-state index in [0.29, 0.717) is 17.0 Å². The molecule has 2 rings (SSSR count). The predicted octanol–water partition coefficient (Wildman–Crippen LogP) is 2.21. The molecule has 0 saturated heterocycles. The van der Waals surface area contributed by atoms with E-state index in [-0.39, 0.29) is 17.7 Å². The van der Waals surface area contributed by atoms with E-state index in [9.17, 15) is 13.2 Å². The zero-order valence-corrected chi connectivity index (χ0v) is 15.5. The number of hydrogen-bond acceptors (Lipinski definition) is 5. The van der Waals surface area contributed by atoms with E-state index in [4.69, 9.17) is 0 Å². The summed E-state index contributed by atoms with van der Waals surface area (Å²) >= 11 is 1.35. The Kier molecular flexibility index (Phi) is 6.09. The fraction of sp³-hybridized carbons (Fsp3) is 0.375. The highest BCUT2D eigenvalue weighted by molar-refractivity contribution is 7.88. The highest BCUT2D eigenvalue weighted by Crippen LogP contribution is 2.12. The Morgan fingerprint density at radius 2 is 1.83 bits per heavy atom. The molecule has 0 radical (unpaired) electrons. The summed E-state index contributed by atoms with van der Waals surface area (Å²) < 4.78 is 26.3. The highest BCUT2D eigenvalue weighted by Gasteiger charge is 2.13. The SMILES string of the molecule is Cc1ncc(C(=O)NCc2ccc(CS(=O)(=O)NC(C)C)cc2)s1. The largest absolute Gasteiger partial charge is 0.347 e. The van der Waals surface area contributed by atoms with Gasteiger partial charge in [0.25, 0.3) is 5.91 Å². The van der Waals surface area contributed by atoms with Crippen molar-refractivity contribution in [3.63, 3.8) is 0 Å². The van der Waals surface area contributed by atoms with Crippen LogP contribution < -0.4 is 10.0 Å². The molecule has 2 aromatic rings. The number of aromatic nitrogens is 1. The Bertz CT molecular complexity index is 796. The van der Waals surface area contributed by atoms with Crippen molar-refractivity contribution in [1.29, 1.82) is 0 Å². The van der Waals surface area contributed by atoms with E-state index < -0.39 is 10.0 Å².